The molecule has 28 heavy (non-hydrogen) atoms. The molecule has 0 saturated carbocycles. The van der Waals surface area contributed by atoms with Crippen LogP contribution in [0.15, 0.2) is 55.1 Å². The van der Waals surface area contributed by atoms with E-state index >= 15 is 0 Å². The second kappa shape index (κ2) is 8.21. The summed E-state index contributed by atoms with van der Waals surface area (Å²) >= 11 is 0. The molecule has 1 aliphatic heterocycles. The van der Waals surface area contributed by atoms with Gasteiger partial charge in [-0.25, -0.2) is 14.6 Å². The van der Waals surface area contributed by atoms with E-state index in [0.717, 1.165) is 36.6 Å². The molecule has 2 aromatic heterocycles. The average Bonchev–Trinajstić information content (AvgIpc) is 3.28. The molecule has 0 aliphatic carbocycles. The quantitative estimate of drug-likeness (QED) is 0.740. The predicted molar refractivity (Wildman–Crippen MR) is 107 cm³/mol. The van der Waals surface area contributed by atoms with Gasteiger partial charge >= 0.3 is 0 Å². The summed E-state index contributed by atoms with van der Waals surface area (Å²) in [6, 6.07) is 12.0. The Bertz CT molecular complexity index is 922. The van der Waals surface area contributed by atoms with Crippen LogP contribution in [-0.2, 0) is 11.3 Å². The Labute approximate surface area is 164 Å². The highest BCUT2D eigenvalue weighted by molar-refractivity contribution is 5.79. The normalized spacial score (nSPS) is 16.8. The molecular weight excluding hydrogens is 352 g/mol. The van der Waals surface area contributed by atoms with Crippen LogP contribution in [0.3, 0.4) is 0 Å². The Morgan fingerprint density at radius 2 is 2.04 bits per heavy atom. The van der Waals surface area contributed by atoms with Gasteiger partial charge in [-0.3, -0.25) is 4.79 Å². The lowest BCUT2D eigenvalue weighted by Crippen LogP contribution is -2.43. The Morgan fingerprint density at radius 3 is 2.82 bits per heavy atom. The van der Waals surface area contributed by atoms with Crippen LogP contribution in [0.1, 0.15) is 24.0 Å². The number of carbonyl (C=O) groups is 1. The first-order chi connectivity index (χ1) is 13.7. The SMILES string of the molecule is Cc1ccc(CNC(=O)C2CCCN(c3cc(-n4cccn4)ncn3)C2)cc1. The minimum atomic E-state index is -0.0395. The van der Waals surface area contributed by atoms with Crippen LogP contribution in [0, 0.1) is 12.8 Å². The molecular formula is C21H24N6O. The topological polar surface area (TPSA) is 75.9 Å². The maximum absolute atomic E-state index is 12.7. The van der Waals surface area contributed by atoms with Gasteiger partial charge in [-0.2, -0.15) is 5.10 Å². The highest BCUT2D eigenvalue weighted by Gasteiger charge is 2.26. The van der Waals surface area contributed by atoms with Crippen molar-refractivity contribution in [3.63, 3.8) is 0 Å². The minimum absolute atomic E-state index is 0.0395. The number of rotatable bonds is 5. The summed E-state index contributed by atoms with van der Waals surface area (Å²) in [5.41, 5.74) is 2.34. The lowest BCUT2D eigenvalue weighted by Gasteiger charge is -2.32. The molecule has 1 saturated heterocycles. The molecule has 7 nitrogen and oxygen atoms in total. The number of hydrogen-bond donors (Lipinski definition) is 1. The predicted octanol–water partition coefficient (Wildman–Crippen LogP) is 2.50. The van der Waals surface area contributed by atoms with Gasteiger partial charge in [0.15, 0.2) is 5.82 Å². The standard InChI is InChI=1S/C21H24N6O/c1-16-5-7-17(8-6-16)13-22-21(28)18-4-2-10-26(14-18)19-12-20(24-15-23-19)27-11-3-9-25-27/h3,5-9,11-12,15,18H,2,4,10,13-14H2,1H3,(H,22,28). The van der Waals surface area contributed by atoms with E-state index in [0.29, 0.717) is 13.1 Å². The van der Waals surface area contributed by atoms with E-state index in [1.165, 1.54) is 5.56 Å². The van der Waals surface area contributed by atoms with E-state index in [4.69, 9.17) is 0 Å². The maximum Gasteiger partial charge on any atom is 0.225 e. The zero-order chi connectivity index (χ0) is 19.3. The molecule has 1 aromatic carbocycles. The van der Waals surface area contributed by atoms with E-state index in [9.17, 15) is 4.79 Å². The summed E-state index contributed by atoms with van der Waals surface area (Å²) in [5.74, 6) is 1.62. The fourth-order valence-corrected chi connectivity index (χ4v) is 3.48. The van der Waals surface area contributed by atoms with Gasteiger partial charge in [0.05, 0.1) is 5.92 Å². The third-order valence-electron chi connectivity index (χ3n) is 5.08. The number of aromatic nitrogens is 4. The summed E-state index contributed by atoms with van der Waals surface area (Å²) in [4.78, 5) is 23.5. The first-order valence-electron chi connectivity index (χ1n) is 9.59. The van der Waals surface area contributed by atoms with Crippen LogP contribution in [0.4, 0.5) is 5.82 Å². The van der Waals surface area contributed by atoms with E-state index in [-0.39, 0.29) is 11.8 Å². The fraction of sp³-hybridized carbons (Fsp3) is 0.333. The number of nitrogens with one attached hydrogen (secondary N) is 1. The van der Waals surface area contributed by atoms with E-state index in [1.54, 1.807) is 17.2 Å². The second-order valence-electron chi connectivity index (χ2n) is 7.17. The Balaban J connectivity index is 1.39. The third-order valence-corrected chi connectivity index (χ3v) is 5.08. The molecule has 144 valence electrons. The third kappa shape index (κ3) is 4.19. The number of amides is 1. The molecule has 0 bridgehead atoms. The average molecular weight is 376 g/mol. The van der Waals surface area contributed by atoms with Crippen molar-refractivity contribution < 1.29 is 4.79 Å². The lowest BCUT2D eigenvalue weighted by atomic mass is 9.97. The summed E-state index contributed by atoms with van der Waals surface area (Å²) in [5, 5.41) is 7.30. The second-order valence-corrected chi connectivity index (χ2v) is 7.17. The fourth-order valence-electron chi connectivity index (χ4n) is 3.48. The highest BCUT2D eigenvalue weighted by atomic mass is 16.1. The molecule has 1 N–H and O–H groups in total. The number of hydrogen-bond acceptors (Lipinski definition) is 5. The minimum Gasteiger partial charge on any atom is -0.356 e. The van der Waals surface area contributed by atoms with Crippen molar-refractivity contribution in [3.05, 3.63) is 66.2 Å². The molecule has 7 heteroatoms. The van der Waals surface area contributed by atoms with Crippen molar-refractivity contribution in [2.75, 3.05) is 18.0 Å². The summed E-state index contributed by atoms with van der Waals surface area (Å²) in [6.45, 7) is 4.17. The van der Waals surface area contributed by atoms with Gasteiger partial charge in [0.1, 0.15) is 12.1 Å². The van der Waals surface area contributed by atoms with Crippen molar-refractivity contribution >= 4 is 11.7 Å². The molecule has 1 fully saturated rings. The Morgan fingerprint density at radius 1 is 1.21 bits per heavy atom. The largest absolute Gasteiger partial charge is 0.356 e. The monoisotopic (exact) mass is 376 g/mol. The molecule has 1 atom stereocenters. The van der Waals surface area contributed by atoms with Crippen LogP contribution in [-0.4, -0.2) is 38.7 Å². The van der Waals surface area contributed by atoms with Gasteiger partial charge in [-0.15, -0.1) is 0 Å². The van der Waals surface area contributed by atoms with Crippen molar-refractivity contribution in [2.24, 2.45) is 5.92 Å². The molecule has 1 unspecified atom stereocenters. The van der Waals surface area contributed by atoms with Gasteiger partial charge in [0.2, 0.25) is 5.91 Å². The van der Waals surface area contributed by atoms with Gasteiger partial charge < -0.3 is 10.2 Å². The Kier molecular flexibility index (Phi) is 5.32. The Hall–Kier alpha value is -3.22. The molecule has 3 heterocycles. The van der Waals surface area contributed by atoms with Crippen LogP contribution in [0.25, 0.3) is 5.82 Å². The first kappa shape index (κ1) is 18.2. The molecule has 0 spiro atoms. The van der Waals surface area contributed by atoms with Gasteiger partial charge in [0, 0.05) is 38.1 Å². The number of piperidine rings is 1. The van der Waals surface area contributed by atoms with Gasteiger partial charge in [0.25, 0.3) is 0 Å². The molecule has 0 radical (unpaired) electrons. The number of aryl methyl sites for hydroxylation is 1. The number of anilines is 1. The summed E-state index contributed by atoms with van der Waals surface area (Å²) in [7, 11) is 0. The number of benzene rings is 1. The summed E-state index contributed by atoms with van der Waals surface area (Å²) < 4.78 is 1.71. The van der Waals surface area contributed by atoms with Crippen LogP contribution in [0.5, 0.6) is 0 Å². The maximum atomic E-state index is 12.7. The smallest absolute Gasteiger partial charge is 0.225 e. The molecule has 1 aliphatic rings. The van der Waals surface area contributed by atoms with Crippen LogP contribution >= 0.6 is 0 Å². The molecule has 3 aromatic rings. The zero-order valence-corrected chi connectivity index (χ0v) is 16.0. The van der Waals surface area contributed by atoms with E-state index < -0.39 is 0 Å². The van der Waals surface area contributed by atoms with Crippen molar-refractivity contribution in [3.8, 4) is 5.82 Å². The van der Waals surface area contributed by atoms with Gasteiger partial charge in [-0.05, 0) is 31.4 Å². The highest BCUT2D eigenvalue weighted by Crippen LogP contribution is 2.22. The lowest BCUT2D eigenvalue weighted by molar-refractivity contribution is -0.125. The van der Waals surface area contributed by atoms with Crippen molar-refractivity contribution in [1.82, 2.24) is 25.1 Å². The number of carbonyl (C=O) groups excluding carboxylic acids is 1. The molecule has 1 amide bonds. The zero-order valence-electron chi connectivity index (χ0n) is 16.0. The first-order valence-corrected chi connectivity index (χ1v) is 9.59. The van der Waals surface area contributed by atoms with Crippen molar-refractivity contribution in [1.29, 1.82) is 0 Å². The van der Waals surface area contributed by atoms with E-state index in [2.05, 4.69) is 56.5 Å². The summed E-state index contributed by atoms with van der Waals surface area (Å²) in [6.07, 6.45) is 6.98. The van der Waals surface area contributed by atoms with E-state index in [1.807, 2.05) is 18.3 Å². The van der Waals surface area contributed by atoms with Crippen molar-refractivity contribution in [2.45, 2.75) is 26.3 Å². The van der Waals surface area contributed by atoms with Crippen LogP contribution < -0.4 is 10.2 Å². The van der Waals surface area contributed by atoms with Crippen LogP contribution in [0.2, 0.25) is 0 Å². The van der Waals surface area contributed by atoms with Gasteiger partial charge in [-0.1, -0.05) is 29.8 Å². The number of nitrogens with zero attached hydrogens (tertiary/aromatic N) is 5. The molecule has 4 rings (SSSR count).